The van der Waals surface area contributed by atoms with E-state index < -0.39 is 12.0 Å². The highest BCUT2D eigenvalue weighted by Crippen LogP contribution is 2.29. The number of rotatable bonds is 15. The summed E-state index contributed by atoms with van der Waals surface area (Å²) < 4.78 is 0. The second kappa shape index (κ2) is 17.2. The highest BCUT2D eigenvalue weighted by Gasteiger charge is 2.20. The molecule has 238 valence electrons. The zero-order valence-corrected chi connectivity index (χ0v) is 26.3. The fourth-order valence-corrected chi connectivity index (χ4v) is 5.70. The summed E-state index contributed by atoms with van der Waals surface area (Å²) in [5, 5.41) is 22.8. The predicted molar refractivity (Wildman–Crippen MR) is 173 cm³/mol. The number of aliphatic hydroxyl groups is 1. The van der Waals surface area contributed by atoms with Crippen LogP contribution >= 0.6 is 11.6 Å². The van der Waals surface area contributed by atoms with Crippen molar-refractivity contribution in [1.82, 2.24) is 20.2 Å². The molecule has 0 saturated carbocycles. The summed E-state index contributed by atoms with van der Waals surface area (Å²) >= 11 is 5.82. The van der Waals surface area contributed by atoms with E-state index >= 15 is 0 Å². The molecule has 1 aromatic heterocycles. The molecule has 2 aromatic rings. The summed E-state index contributed by atoms with van der Waals surface area (Å²) in [4.78, 5) is 26.7. The third kappa shape index (κ3) is 11.1. The number of nitrogen functional groups attached to an aromatic ring is 2. The lowest BCUT2D eigenvalue weighted by Crippen LogP contribution is -2.38. The molecule has 0 spiro atoms. The molecule has 2 heterocycles. The Kier molecular flexibility index (Phi) is 13.8. The van der Waals surface area contributed by atoms with Gasteiger partial charge in [-0.15, -0.1) is 0 Å². The van der Waals surface area contributed by atoms with Crippen LogP contribution in [0.2, 0.25) is 5.15 Å². The van der Waals surface area contributed by atoms with Gasteiger partial charge in [-0.2, -0.15) is 0 Å². The van der Waals surface area contributed by atoms with Crippen molar-refractivity contribution >= 4 is 35.1 Å². The summed E-state index contributed by atoms with van der Waals surface area (Å²) in [5.74, 6) is 0.864. The Labute approximate surface area is 260 Å². The molecule has 43 heavy (non-hydrogen) atoms. The minimum Gasteiger partial charge on any atom is -0.508 e. The Morgan fingerprint density at radius 2 is 1.88 bits per heavy atom. The van der Waals surface area contributed by atoms with Crippen LogP contribution in [0.5, 0.6) is 5.75 Å². The van der Waals surface area contributed by atoms with Gasteiger partial charge in [-0.05, 0) is 99.7 Å². The quantitative estimate of drug-likeness (QED) is 0.0955. The molecule has 1 saturated heterocycles. The van der Waals surface area contributed by atoms with Gasteiger partial charge in [-0.1, -0.05) is 50.8 Å². The van der Waals surface area contributed by atoms with Crippen LogP contribution in [-0.2, 0) is 6.42 Å². The molecule has 11 nitrogen and oxygen atoms in total. The van der Waals surface area contributed by atoms with Gasteiger partial charge in [0.05, 0.1) is 6.10 Å². The molecule has 1 aliphatic rings. The Balaban J connectivity index is 1.23. The van der Waals surface area contributed by atoms with Gasteiger partial charge in [0.1, 0.15) is 5.75 Å². The third-order valence-corrected chi connectivity index (χ3v) is 8.62. The minimum atomic E-state index is -0.639. The fraction of sp³-hybridized carbons (Fsp3) is 0.613. The van der Waals surface area contributed by atoms with E-state index in [-0.39, 0.29) is 28.4 Å². The minimum absolute atomic E-state index is 0.00614. The number of anilines is 2. The number of nitrogens with zero attached hydrogens (tertiary/aromatic N) is 4. The standard InChI is InChI=1S/C31H49ClN8O3/c1-3-22-19-23(10-12-24(22)41)25(42)11-9-20(2)7-6-8-21-13-17-40(18-14-21)16-5-4-15-36-31(35)39-30(43)26-28(33)38-29(34)27(32)37-26/h10,12,19-21,25,41-42H,3-9,11,13-18H2,1-2H3,(H4,33,34,38)(H3,35,36,39,43)/t20-,25+/m1/s1. The zero-order chi connectivity index (χ0) is 31.4. The SMILES string of the molecule is CCc1cc([C@@H](O)CC[C@H](C)CCCC2CCN(CCCCN=C(N)NC(=O)c3nc(Cl)c(N)nc3N)CC2)ccc1O. The molecule has 0 unspecified atom stereocenters. The first kappa shape index (κ1) is 34.3. The lowest BCUT2D eigenvalue weighted by molar-refractivity contribution is 0.0972. The van der Waals surface area contributed by atoms with Crippen molar-refractivity contribution in [2.24, 2.45) is 22.6 Å². The Morgan fingerprint density at radius 1 is 1.14 bits per heavy atom. The Morgan fingerprint density at radius 3 is 2.60 bits per heavy atom. The molecule has 0 bridgehead atoms. The topological polar surface area (TPSA) is 189 Å². The van der Waals surface area contributed by atoms with Gasteiger partial charge in [0.15, 0.2) is 28.4 Å². The first-order valence-electron chi connectivity index (χ1n) is 15.5. The number of benzene rings is 1. The maximum Gasteiger partial charge on any atom is 0.280 e. The van der Waals surface area contributed by atoms with Gasteiger partial charge in [-0.3, -0.25) is 15.1 Å². The summed E-state index contributed by atoms with van der Waals surface area (Å²) in [6.45, 7) is 8.10. The number of nitrogens with two attached hydrogens (primary N) is 3. The van der Waals surface area contributed by atoms with Crippen LogP contribution in [0.15, 0.2) is 23.2 Å². The Bertz CT molecular complexity index is 1220. The summed E-state index contributed by atoms with van der Waals surface area (Å²) in [5.41, 5.74) is 18.7. The predicted octanol–water partition coefficient (Wildman–Crippen LogP) is 4.42. The number of aliphatic imine (C=N–C) groups is 1. The van der Waals surface area contributed by atoms with Crippen LogP contribution in [-0.4, -0.2) is 63.1 Å². The van der Waals surface area contributed by atoms with Gasteiger partial charge >= 0.3 is 0 Å². The van der Waals surface area contributed by atoms with Crippen LogP contribution in [0.4, 0.5) is 11.6 Å². The average molecular weight is 617 g/mol. The number of piperidine rings is 1. The van der Waals surface area contributed by atoms with Crippen LogP contribution < -0.4 is 22.5 Å². The lowest BCUT2D eigenvalue weighted by Gasteiger charge is -2.32. The van der Waals surface area contributed by atoms with Crippen LogP contribution in [0.1, 0.15) is 99.4 Å². The van der Waals surface area contributed by atoms with E-state index in [4.69, 9.17) is 28.8 Å². The number of aromatic nitrogens is 2. The lowest BCUT2D eigenvalue weighted by atomic mass is 9.88. The smallest absolute Gasteiger partial charge is 0.280 e. The van der Waals surface area contributed by atoms with Gasteiger partial charge in [0, 0.05) is 6.54 Å². The molecular weight excluding hydrogens is 568 g/mol. The largest absolute Gasteiger partial charge is 0.508 e. The fourth-order valence-electron chi connectivity index (χ4n) is 5.57. The number of aryl methyl sites for hydroxylation is 1. The molecule has 2 atom stereocenters. The molecule has 1 aromatic carbocycles. The van der Waals surface area contributed by atoms with Gasteiger partial charge in [-0.25, -0.2) is 9.97 Å². The number of aromatic hydroxyl groups is 1. The second-order valence-corrected chi connectivity index (χ2v) is 12.1. The first-order valence-corrected chi connectivity index (χ1v) is 15.9. The zero-order valence-electron chi connectivity index (χ0n) is 25.6. The van der Waals surface area contributed by atoms with E-state index in [1.165, 1.54) is 32.1 Å². The number of phenolic OH excluding ortho intramolecular Hbond substituents is 1. The maximum atomic E-state index is 12.3. The van der Waals surface area contributed by atoms with Crippen molar-refractivity contribution in [2.75, 3.05) is 37.6 Å². The molecule has 12 heteroatoms. The number of guanidine groups is 1. The van der Waals surface area contributed by atoms with Crippen molar-refractivity contribution in [1.29, 1.82) is 0 Å². The van der Waals surface area contributed by atoms with Gasteiger partial charge in [0.2, 0.25) is 0 Å². The van der Waals surface area contributed by atoms with Gasteiger partial charge in [0.25, 0.3) is 5.91 Å². The van der Waals surface area contributed by atoms with Crippen molar-refractivity contribution in [3.8, 4) is 5.75 Å². The van der Waals surface area contributed by atoms with E-state index in [1.54, 1.807) is 6.07 Å². The van der Waals surface area contributed by atoms with E-state index in [0.717, 1.165) is 68.8 Å². The molecule has 1 amide bonds. The van der Waals surface area contributed by atoms with Crippen LogP contribution in [0.25, 0.3) is 0 Å². The highest BCUT2D eigenvalue weighted by atomic mass is 35.5. The number of phenols is 1. The first-order chi connectivity index (χ1) is 20.6. The summed E-state index contributed by atoms with van der Waals surface area (Å²) in [7, 11) is 0. The second-order valence-electron chi connectivity index (χ2n) is 11.7. The normalized spacial score (nSPS) is 16.2. The molecule has 0 aliphatic carbocycles. The average Bonchev–Trinajstić information content (AvgIpc) is 2.98. The number of carbonyl (C=O) groups is 1. The number of amides is 1. The Hall–Kier alpha value is -3.15. The summed E-state index contributed by atoms with van der Waals surface area (Å²) in [6.07, 6.45) is 10.1. The van der Waals surface area contributed by atoms with E-state index in [0.29, 0.717) is 18.2 Å². The number of likely N-dealkylation sites (tertiary alicyclic amines) is 1. The molecule has 1 fully saturated rings. The van der Waals surface area contributed by atoms with E-state index in [9.17, 15) is 15.0 Å². The number of hydrogen-bond donors (Lipinski definition) is 6. The van der Waals surface area contributed by atoms with E-state index in [1.807, 2.05) is 19.1 Å². The monoisotopic (exact) mass is 616 g/mol. The van der Waals surface area contributed by atoms with Crippen LogP contribution in [0, 0.1) is 11.8 Å². The highest BCUT2D eigenvalue weighted by molar-refractivity contribution is 6.31. The molecular formula is C31H49ClN8O3. The van der Waals surface area contributed by atoms with Crippen molar-refractivity contribution < 1.29 is 15.0 Å². The van der Waals surface area contributed by atoms with Crippen LogP contribution in [0.3, 0.4) is 0 Å². The van der Waals surface area contributed by atoms with Crippen molar-refractivity contribution in [3.63, 3.8) is 0 Å². The third-order valence-electron chi connectivity index (χ3n) is 8.34. The van der Waals surface area contributed by atoms with Gasteiger partial charge < -0.3 is 32.3 Å². The number of unbranched alkanes of at least 4 members (excludes halogenated alkanes) is 1. The number of aliphatic hydroxyl groups excluding tert-OH is 1. The number of halogens is 1. The maximum absolute atomic E-state index is 12.3. The number of hydrogen-bond acceptors (Lipinski definition) is 9. The van der Waals surface area contributed by atoms with Crippen molar-refractivity contribution in [2.45, 2.75) is 84.2 Å². The molecule has 9 N–H and O–H groups in total. The number of carbonyl (C=O) groups excluding carboxylic acids is 1. The molecule has 3 rings (SSSR count). The molecule has 0 radical (unpaired) electrons. The molecule has 1 aliphatic heterocycles. The van der Waals surface area contributed by atoms with Crippen molar-refractivity contribution in [3.05, 3.63) is 40.2 Å². The summed E-state index contributed by atoms with van der Waals surface area (Å²) in [6, 6.07) is 5.45. The number of nitrogens with one attached hydrogen (secondary N) is 1. The van der Waals surface area contributed by atoms with E-state index in [2.05, 4.69) is 32.1 Å².